The molecule has 6 nitrogen and oxygen atoms in total. The molecule has 1 N–H and O–H groups in total. The van der Waals surface area contributed by atoms with Crippen LogP contribution in [-0.4, -0.2) is 28.7 Å². The zero-order valence-electron chi connectivity index (χ0n) is 16.4. The van der Waals surface area contributed by atoms with E-state index >= 15 is 0 Å². The van der Waals surface area contributed by atoms with Gasteiger partial charge in [-0.3, -0.25) is 4.79 Å². The molecule has 2 heterocycles. The van der Waals surface area contributed by atoms with Crippen molar-refractivity contribution in [2.75, 3.05) is 6.61 Å². The topological polar surface area (TPSA) is 77.2 Å². The number of halogens is 1. The van der Waals surface area contributed by atoms with E-state index in [1.165, 1.54) is 17.8 Å². The van der Waals surface area contributed by atoms with E-state index in [0.29, 0.717) is 16.3 Å². The van der Waals surface area contributed by atoms with Gasteiger partial charge in [0.05, 0.1) is 17.3 Å². The summed E-state index contributed by atoms with van der Waals surface area (Å²) in [6.45, 7) is 5.69. The highest BCUT2D eigenvalue weighted by atomic mass is 32.2. The minimum Gasteiger partial charge on any atom is -0.488 e. The van der Waals surface area contributed by atoms with Gasteiger partial charge in [0.15, 0.2) is 11.6 Å². The van der Waals surface area contributed by atoms with Crippen LogP contribution < -0.4 is 10.1 Å². The largest absolute Gasteiger partial charge is 0.488 e. The summed E-state index contributed by atoms with van der Waals surface area (Å²) in [5, 5.41) is 7.44. The number of para-hydroxylation sites is 1. The number of rotatable bonds is 8. The molecule has 8 heteroatoms. The van der Waals surface area contributed by atoms with E-state index in [2.05, 4.69) is 15.5 Å². The van der Waals surface area contributed by atoms with Crippen LogP contribution >= 0.6 is 11.8 Å². The monoisotopic (exact) mass is 415 g/mol. The Kier molecular flexibility index (Phi) is 6.87. The number of hydrogen-bond donors (Lipinski definition) is 1. The second-order valence-corrected chi connectivity index (χ2v) is 7.53. The molecule has 0 bridgehead atoms. The molecule has 0 aliphatic heterocycles. The molecule has 1 aromatic carbocycles. The average Bonchev–Trinajstić information content (AvgIpc) is 3.03. The molecular formula is C21H22FN3O3S. The summed E-state index contributed by atoms with van der Waals surface area (Å²) in [7, 11) is 0. The summed E-state index contributed by atoms with van der Waals surface area (Å²) >= 11 is 1.45. The fourth-order valence-corrected chi connectivity index (χ4v) is 3.79. The lowest BCUT2D eigenvalue weighted by Crippen LogP contribution is -2.37. The minimum absolute atomic E-state index is 0.147. The van der Waals surface area contributed by atoms with Crippen molar-refractivity contribution in [3.05, 3.63) is 71.0 Å². The molecule has 1 atom stereocenters. The van der Waals surface area contributed by atoms with Crippen LogP contribution in [0.1, 0.15) is 34.3 Å². The van der Waals surface area contributed by atoms with Crippen LogP contribution in [0.5, 0.6) is 5.75 Å². The van der Waals surface area contributed by atoms with Crippen molar-refractivity contribution in [2.24, 2.45) is 0 Å². The molecule has 0 saturated heterocycles. The van der Waals surface area contributed by atoms with Crippen LogP contribution in [0.15, 0.2) is 52.1 Å². The Morgan fingerprint density at radius 2 is 2.07 bits per heavy atom. The van der Waals surface area contributed by atoms with Gasteiger partial charge in [0.1, 0.15) is 17.4 Å². The van der Waals surface area contributed by atoms with E-state index in [-0.39, 0.29) is 24.3 Å². The van der Waals surface area contributed by atoms with Crippen molar-refractivity contribution in [1.82, 2.24) is 15.5 Å². The molecule has 1 amide bonds. The number of carbonyl (C=O) groups excluding carboxylic acids is 1. The Labute approximate surface area is 172 Å². The number of aryl methyl sites for hydroxylation is 2. The van der Waals surface area contributed by atoms with Crippen molar-refractivity contribution >= 4 is 17.7 Å². The molecular weight excluding hydrogens is 393 g/mol. The number of carbonyl (C=O) groups is 1. The average molecular weight is 415 g/mol. The number of benzene rings is 1. The minimum atomic E-state index is -0.434. The normalized spacial score (nSPS) is 11.9. The summed E-state index contributed by atoms with van der Waals surface area (Å²) in [4.78, 5) is 17.1. The molecule has 3 aromatic rings. The molecule has 0 saturated carbocycles. The molecule has 0 aliphatic rings. The molecule has 152 valence electrons. The third kappa shape index (κ3) is 5.35. The van der Waals surface area contributed by atoms with Gasteiger partial charge in [0, 0.05) is 17.5 Å². The molecule has 29 heavy (non-hydrogen) atoms. The number of pyridine rings is 1. The van der Waals surface area contributed by atoms with Gasteiger partial charge < -0.3 is 14.6 Å². The first-order valence-corrected chi connectivity index (χ1v) is 10.1. The predicted molar refractivity (Wildman–Crippen MR) is 109 cm³/mol. The lowest BCUT2D eigenvalue weighted by Gasteiger charge is -2.16. The van der Waals surface area contributed by atoms with E-state index in [1.807, 2.05) is 13.8 Å². The van der Waals surface area contributed by atoms with Gasteiger partial charge in [-0.15, -0.1) is 11.8 Å². The first-order chi connectivity index (χ1) is 14.0. The van der Waals surface area contributed by atoms with Gasteiger partial charge >= 0.3 is 0 Å². The Morgan fingerprint density at radius 3 is 2.79 bits per heavy atom. The number of ether oxygens (including phenoxy) is 1. The first-order valence-electron chi connectivity index (χ1n) is 9.13. The maximum absolute atomic E-state index is 13.6. The lowest BCUT2D eigenvalue weighted by molar-refractivity contribution is 0.0922. The highest BCUT2D eigenvalue weighted by molar-refractivity contribution is 7.98. The standard InChI is InChI=1S/C21H22FN3O3S/c1-13(11-27-19-9-5-4-8-18(19)22)24-20(26)16-7-6-10-23-21(16)29-12-17-14(2)25-28-15(17)3/h4-10,13H,11-12H2,1-3H3,(H,24,26). The number of nitrogens with zero attached hydrogens (tertiary/aromatic N) is 2. The van der Waals surface area contributed by atoms with Crippen LogP contribution in [0.25, 0.3) is 0 Å². The van der Waals surface area contributed by atoms with Gasteiger partial charge in [0.2, 0.25) is 0 Å². The molecule has 0 aliphatic carbocycles. The lowest BCUT2D eigenvalue weighted by atomic mass is 10.2. The van der Waals surface area contributed by atoms with Crippen molar-refractivity contribution in [3.8, 4) is 5.75 Å². The summed E-state index contributed by atoms with van der Waals surface area (Å²) in [6.07, 6.45) is 1.65. The van der Waals surface area contributed by atoms with Crippen LogP contribution in [-0.2, 0) is 5.75 Å². The summed E-state index contributed by atoms with van der Waals surface area (Å²) in [5.41, 5.74) is 2.30. The zero-order chi connectivity index (χ0) is 20.8. The Morgan fingerprint density at radius 1 is 1.28 bits per heavy atom. The number of aromatic nitrogens is 2. The quantitative estimate of drug-likeness (QED) is 0.552. The second kappa shape index (κ2) is 9.56. The van der Waals surface area contributed by atoms with Gasteiger partial charge in [-0.1, -0.05) is 17.3 Å². The highest BCUT2D eigenvalue weighted by Crippen LogP contribution is 2.27. The molecule has 0 radical (unpaired) electrons. The van der Waals surface area contributed by atoms with Crippen molar-refractivity contribution in [2.45, 2.75) is 37.6 Å². The van der Waals surface area contributed by atoms with Crippen LogP contribution in [0.3, 0.4) is 0 Å². The smallest absolute Gasteiger partial charge is 0.254 e. The summed E-state index contributed by atoms with van der Waals surface area (Å²) < 4.78 is 24.3. The zero-order valence-corrected chi connectivity index (χ0v) is 17.3. The molecule has 2 aromatic heterocycles. The second-order valence-electron chi connectivity index (χ2n) is 6.56. The maximum atomic E-state index is 13.6. The third-order valence-electron chi connectivity index (χ3n) is 4.25. The van der Waals surface area contributed by atoms with Gasteiger partial charge in [-0.25, -0.2) is 9.37 Å². The van der Waals surface area contributed by atoms with E-state index in [9.17, 15) is 9.18 Å². The highest BCUT2D eigenvalue weighted by Gasteiger charge is 2.17. The molecule has 1 unspecified atom stereocenters. The Hall–Kier alpha value is -2.87. The Balaban J connectivity index is 1.61. The van der Waals surface area contributed by atoms with E-state index in [4.69, 9.17) is 9.26 Å². The van der Waals surface area contributed by atoms with Crippen LogP contribution in [0, 0.1) is 19.7 Å². The fourth-order valence-electron chi connectivity index (χ4n) is 2.65. The maximum Gasteiger partial charge on any atom is 0.254 e. The predicted octanol–water partition coefficient (Wildman–Crippen LogP) is 4.32. The van der Waals surface area contributed by atoms with E-state index in [1.54, 1.807) is 43.5 Å². The van der Waals surface area contributed by atoms with Crippen molar-refractivity contribution < 1.29 is 18.4 Å². The summed E-state index contributed by atoms with van der Waals surface area (Å²) in [6, 6.07) is 9.29. The van der Waals surface area contributed by atoms with Gasteiger partial charge in [-0.05, 0) is 45.0 Å². The van der Waals surface area contributed by atoms with Gasteiger partial charge in [-0.2, -0.15) is 0 Å². The first kappa shape index (κ1) is 20.9. The number of amides is 1. The van der Waals surface area contributed by atoms with Crippen molar-refractivity contribution in [3.63, 3.8) is 0 Å². The van der Waals surface area contributed by atoms with Crippen LogP contribution in [0.4, 0.5) is 4.39 Å². The summed E-state index contributed by atoms with van der Waals surface area (Å²) in [5.74, 6) is 0.826. The molecule has 0 spiro atoms. The third-order valence-corrected chi connectivity index (χ3v) is 5.28. The van der Waals surface area contributed by atoms with E-state index < -0.39 is 5.82 Å². The number of thioether (sulfide) groups is 1. The molecule has 0 fully saturated rings. The number of nitrogens with one attached hydrogen (secondary N) is 1. The fraction of sp³-hybridized carbons (Fsp3) is 0.286. The van der Waals surface area contributed by atoms with Crippen LogP contribution in [0.2, 0.25) is 0 Å². The SMILES string of the molecule is Cc1noc(C)c1CSc1ncccc1C(=O)NC(C)COc1ccccc1F. The van der Waals surface area contributed by atoms with E-state index in [0.717, 1.165) is 17.0 Å². The number of hydrogen-bond acceptors (Lipinski definition) is 6. The van der Waals surface area contributed by atoms with Crippen molar-refractivity contribution in [1.29, 1.82) is 0 Å². The van der Waals surface area contributed by atoms with Gasteiger partial charge in [0.25, 0.3) is 5.91 Å². The Bertz CT molecular complexity index is 973. The molecule has 3 rings (SSSR count).